The minimum absolute atomic E-state index is 0.0709. The highest BCUT2D eigenvalue weighted by Crippen LogP contribution is 2.36. The molecule has 16 heteroatoms. The van der Waals surface area contributed by atoms with Gasteiger partial charge in [0, 0.05) is 24.7 Å². The minimum atomic E-state index is -0.871. The molecule has 0 saturated carbocycles. The second-order valence-corrected chi connectivity index (χ2v) is 13.3. The summed E-state index contributed by atoms with van der Waals surface area (Å²) in [6.07, 6.45) is 4.48. The van der Waals surface area contributed by atoms with E-state index >= 15 is 0 Å². The van der Waals surface area contributed by atoms with Crippen LogP contribution in [0, 0.1) is 11.1 Å². The Morgan fingerprint density at radius 3 is 2.28 bits per heavy atom. The van der Waals surface area contributed by atoms with Crippen molar-refractivity contribution in [2.45, 2.75) is 38.0 Å². The number of hydrogen-bond acceptors (Lipinski definition) is 11. The van der Waals surface area contributed by atoms with Crippen LogP contribution in [0.15, 0.2) is 73.2 Å². The van der Waals surface area contributed by atoms with E-state index in [1.165, 1.54) is 38.6 Å². The number of hydrogen-bond donors (Lipinski definition) is 1. The molecule has 3 saturated heterocycles. The minimum Gasteiger partial charge on any atom is -0.619 e. The summed E-state index contributed by atoms with van der Waals surface area (Å²) >= 11 is 12.8. The molecule has 1 unspecified atom stereocenters. The number of piperidine rings is 3. The molecule has 2 atom stereocenters. The molecule has 3 aliphatic heterocycles. The van der Waals surface area contributed by atoms with Crippen LogP contribution in [-0.4, -0.2) is 80.6 Å². The first-order valence-electron chi connectivity index (χ1n) is 16.9. The number of carbonyl (C=O) groups excluding carboxylic acids is 2. The van der Waals surface area contributed by atoms with Crippen LogP contribution in [-0.2, 0) is 27.2 Å². The Morgan fingerprint density at radius 1 is 1.02 bits per heavy atom. The Bertz CT molecular complexity index is 1900. The third-order valence-electron chi connectivity index (χ3n) is 9.31. The average Bonchev–Trinajstić information content (AvgIpc) is 3.18. The standard InChI is InChI=1S/C37H38Cl2N4O8.CH2O2/c1-47-31-11-10-26(17-33(31)48-2)32(18-27-28(38)20-42(46)21-29(27)39)50-36(44)25-8-6-23(7-9-25)19-43(30-5-4-14-40-35(30)49-3)37(45)51-34-22-41-15-12-24(34)13-16-41;2-1-3/h4-11,14,17,20-21,24,32,34H,12-13,15-16,18-19,22H2,1-3H3;1H,(H,2,3)/t32?,34-;/m0./s1. The largest absolute Gasteiger partial charge is 0.619 e. The van der Waals surface area contributed by atoms with E-state index in [9.17, 15) is 14.8 Å². The molecular formula is C38H40Cl2N4O10. The fourth-order valence-electron chi connectivity index (χ4n) is 6.55. The van der Waals surface area contributed by atoms with Crippen LogP contribution in [0.2, 0.25) is 10.0 Å². The van der Waals surface area contributed by atoms with Crippen molar-refractivity contribution in [1.29, 1.82) is 0 Å². The van der Waals surface area contributed by atoms with Crippen molar-refractivity contribution in [3.63, 3.8) is 0 Å². The number of esters is 1. The van der Waals surface area contributed by atoms with Crippen LogP contribution in [0.1, 0.15) is 46.0 Å². The van der Waals surface area contributed by atoms with E-state index < -0.39 is 18.2 Å². The number of ether oxygens (including phenoxy) is 5. The van der Waals surface area contributed by atoms with Crippen molar-refractivity contribution in [1.82, 2.24) is 9.88 Å². The molecule has 54 heavy (non-hydrogen) atoms. The van der Waals surface area contributed by atoms with Crippen LogP contribution in [0.4, 0.5) is 10.5 Å². The number of pyridine rings is 2. The smallest absolute Gasteiger partial charge is 0.415 e. The SMILES string of the molecule is COc1ccc(C(Cc2c(Cl)c[n+]([O-])cc2Cl)OC(=O)c2ccc(CN(C(=O)O[C@H]3CN4CCC3CC4)c3cccnc3OC)cc2)cc1OC.O=CO. The second kappa shape index (κ2) is 18.6. The van der Waals surface area contributed by atoms with Crippen LogP contribution in [0.5, 0.6) is 17.4 Å². The Labute approximate surface area is 322 Å². The molecule has 0 radical (unpaired) electrons. The van der Waals surface area contributed by atoms with Gasteiger partial charge in [0.1, 0.15) is 27.9 Å². The fourth-order valence-corrected chi connectivity index (χ4v) is 7.15. The van der Waals surface area contributed by atoms with Crippen molar-refractivity contribution in [2.24, 2.45) is 5.92 Å². The zero-order valence-electron chi connectivity index (χ0n) is 29.9. The van der Waals surface area contributed by atoms with E-state index in [4.69, 9.17) is 56.8 Å². The van der Waals surface area contributed by atoms with Gasteiger partial charge in [-0.05, 0) is 79.4 Å². The summed E-state index contributed by atoms with van der Waals surface area (Å²) < 4.78 is 29.0. The predicted molar refractivity (Wildman–Crippen MR) is 198 cm³/mol. The maximum Gasteiger partial charge on any atom is 0.415 e. The number of rotatable bonds is 12. The number of nitrogens with zero attached hydrogens (tertiary/aromatic N) is 4. The first kappa shape index (κ1) is 39.9. The van der Waals surface area contributed by atoms with E-state index in [0.29, 0.717) is 39.0 Å². The van der Waals surface area contributed by atoms with Crippen LogP contribution in [0.3, 0.4) is 0 Å². The maximum absolute atomic E-state index is 13.8. The first-order valence-corrected chi connectivity index (χ1v) is 17.7. The summed E-state index contributed by atoms with van der Waals surface area (Å²) in [5, 5.41) is 19.0. The number of fused-ring (bicyclic) bond motifs is 3. The molecule has 4 aromatic rings. The van der Waals surface area contributed by atoms with Gasteiger partial charge in [-0.2, -0.15) is 4.73 Å². The Morgan fingerprint density at radius 2 is 1.69 bits per heavy atom. The lowest BCUT2D eigenvalue weighted by Crippen LogP contribution is -2.53. The van der Waals surface area contributed by atoms with Gasteiger partial charge in [-0.15, -0.1) is 0 Å². The van der Waals surface area contributed by atoms with Gasteiger partial charge in [-0.25, -0.2) is 14.6 Å². The molecule has 5 heterocycles. The van der Waals surface area contributed by atoms with Crippen LogP contribution in [0.25, 0.3) is 0 Å². The number of carboxylic acid groups (broad SMARTS) is 1. The highest BCUT2D eigenvalue weighted by molar-refractivity contribution is 6.35. The quantitative estimate of drug-likeness (QED) is 0.0759. The third-order valence-corrected chi connectivity index (χ3v) is 9.96. The fraction of sp³-hybridized carbons (Fsp3) is 0.342. The molecule has 0 aliphatic carbocycles. The second-order valence-electron chi connectivity index (χ2n) is 12.5. The molecular weight excluding hydrogens is 743 g/mol. The van der Waals surface area contributed by atoms with Crippen LogP contribution < -0.4 is 23.8 Å². The molecule has 0 spiro atoms. The van der Waals surface area contributed by atoms with Crippen molar-refractivity contribution < 1.29 is 47.9 Å². The number of halogens is 2. The first-order chi connectivity index (χ1) is 26.1. The number of benzene rings is 2. The highest BCUT2D eigenvalue weighted by atomic mass is 35.5. The van der Waals surface area contributed by atoms with E-state index in [-0.39, 0.29) is 47.0 Å². The molecule has 2 bridgehead atoms. The van der Waals surface area contributed by atoms with Gasteiger partial charge >= 0.3 is 12.1 Å². The molecule has 286 valence electrons. The molecule has 2 aromatic carbocycles. The lowest BCUT2D eigenvalue weighted by molar-refractivity contribution is -0.605. The average molecular weight is 784 g/mol. The van der Waals surface area contributed by atoms with Crippen molar-refractivity contribution >= 4 is 47.4 Å². The van der Waals surface area contributed by atoms with Crippen molar-refractivity contribution in [3.8, 4) is 17.4 Å². The zero-order chi connectivity index (χ0) is 38.8. The molecule has 3 aliphatic rings. The summed E-state index contributed by atoms with van der Waals surface area (Å²) in [6.45, 7) is 2.66. The molecule has 7 rings (SSSR count). The predicted octanol–water partition coefficient (Wildman–Crippen LogP) is 6.13. The van der Waals surface area contributed by atoms with E-state index in [1.54, 1.807) is 60.8 Å². The number of aromatic nitrogens is 2. The van der Waals surface area contributed by atoms with Crippen LogP contribution >= 0.6 is 23.2 Å². The van der Waals surface area contributed by atoms with Gasteiger partial charge in [0.25, 0.3) is 6.47 Å². The summed E-state index contributed by atoms with van der Waals surface area (Å²) in [5.74, 6) is 0.937. The molecule has 2 aromatic heterocycles. The number of carbonyl (C=O) groups is 3. The maximum atomic E-state index is 13.8. The Kier molecular flexibility index (Phi) is 13.8. The van der Waals surface area contributed by atoms with Gasteiger partial charge in [0.15, 0.2) is 23.9 Å². The topological polar surface area (TPSA) is 164 Å². The monoisotopic (exact) mass is 782 g/mol. The normalized spacial score (nSPS) is 17.6. The summed E-state index contributed by atoms with van der Waals surface area (Å²) in [4.78, 5) is 43.9. The highest BCUT2D eigenvalue weighted by Gasteiger charge is 2.38. The molecule has 1 N–H and O–H groups in total. The van der Waals surface area contributed by atoms with Crippen molar-refractivity contribution in [3.05, 3.63) is 111 Å². The van der Waals surface area contributed by atoms with E-state index in [1.807, 2.05) is 0 Å². The van der Waals surface area contributed by atoms with Gasteiger partial charge in [0.2, 0.25) is 5.88 Å². The lowest BCUT2D eigenvalue weighted by atomic mass is 9.86. The number of anilines is 1. The van der Waals surface area contributed by atoms with E-state index in [0.717, 1.165) is 38.0 Å². The Balaban J connectivity index is 0.00000181. The summed E-state index contributed by atoms with van der Waals surface area (Å²) in [5.41, 5.74) is 2.49. The Hall–Kier alpha value is -5.31. The number of methoxy groups -OCH3 is 3. The van der Waals surface area contributed by atoms with Gasteiger partial charge in [-0.1, -0.05) is 41.4 Å². The third kappa shape index (κ3) is 9.61. The zero-order valence-corrected chi connectivity index (χ0v) is 31.4. The molecule has 1 amide bonds. The van der Waals surface area contributed by atoms with Crippen molar-refractivity contribution in [2.75, 3.05) is 45.9 Å². The van der Waals surface area contributed by atoms with Gasteiger partial charge in [-0.3, -0.25) is 14.6 Å². The molecule has 3 fully saturated rings. The van der Waals surface area contributed by atoms with Gasteiger partial charge in [0.05, 0.1) is 33.4 Å². The van der Waals surface area contributed by atoms with E-state index in [2.05, 4.69) is 9.88 Å². The summed E-state index contributed by atoms with van der Waals surface area (Å²) in [6, 6.07) is 15.4. The summed E-state index contributed by atoms with van der Waals surface area (Å²) in [7, 11) is 4.53. The molecule has 14 nitrogen and oxygen atoms in total. The van der Waals surface area contributed by atoms with Gasteiger partial charge < -0.3 is 34.0 Å². The number of amides is 1. The lowest BCUT2D eigenvalue weighted by Gasteiger charge is -2.44.